The van der Waals surface area contributed by atoms with Gasteiger partial charge in [0.2, 0.25) is 0 Å². The van der Waals surface area contributed by atoms with E-state index < -0.39 is 11.6 Å². The first-order valence-electron chi connectivity index (χ1n) is 7.72. The Labute approximate surface area is 144 Å². The predicted octanol–water partition coefficient (Wildman–Crippen LogP) is 1.67. The van der Waals surface area contributed by atoms with Crippen LogP contribution >= 0.6 is 11.3 Å². The van der Waals surface area contributed by atoms with Crippen LogP contribution in [-0.2, 0) is 11.3 Å². The second-order valence-electron chi connectivity index (χ2n) is 6.45. The van der Waals surface area contributed by atoms with E-state index in [1.807, 2.05) is 11.9 Å². The summed E-state index contributed by atoms with van der Waals surface area (Å²) in [5.74, 6) is 0.0639. The smallest absolute Gasteiger partial charge is 0.348 e. The molecule has 0 bridgehead atoms. The maximum absolute atomic E-state index is 12.4. The van der Waals surface area contributed by atoms with Gasteiger partial charge < -0.3 is 14.8 Å². The summed E-state index contributed by atoms with van der Waals surface area (Å²) in [6.07, 6.45) is 0. The minimum Gasteiger partial charge on any atom is -0.462 e. The number of carbonyl (C=O) groups excluding carboxylic acids is 1. The predicted molar refractivity (Wildman–Crippen MR) is 93.6 cm³/mol. The van der Waals surface area contributed by atoms with Gasteiger partial charge >= 0.3 is 5.97 Å². The summed E-state index contributed by atoms with van der Waals surface area (Å²) in [7, 11) is 1.84. The van der Waals surface area contributed by atoms with Crippen LogP contribution in [0.5, 0.6) is 0 Å². The summed E-state index contributed by atoms with van der Waals surface area (Å²) >= 11 is 1.17. The van der Waals surface area contributed by atoms with Gasteiger partial charge in [0.1, 0.15) is 15.5 Å². The molecule has 0 fully saturated rings. The Balaban J connectivity index is 2.36. The molecule has 24 heavy (non-hydrogen) atoms. The zero-order valence-electron chi connectivity index (χ0n) is 14.6. The molecule has 0 aromatic carbocycles. The third-order valence-corrected chi connectivity index (χ3v) is 4.55. The van der Waals surface area contributed by atoms with Gasteiger partial charge in [-0.3, -0.25) is 9.69 Å². The molecular formula is C16H23N3O4S. The lowest BCUT2D eigenvalue weighted by molar-refractivity contribution is 0.0417. The van der Waals surface area contributed by atoms with Crippen molar-refractivity contribution in [3.63, 3.8) is 0 Å². The molecule has 2 rings (SSSR count). The number of carbonyl (C=O) groups is 1. The minimum atomic E-state index is -0.838. The molecule has 2 aromatic heterocycles. The molecule has 0 aliphatic rings. The van der Waals surface area contributed by atoms with Crippen molar-refractivity contribution in [2.75, 3.05) is 20.2 Å². The van der Waals surface area contributed by atoms with Crippen molar-refractivity contribution >= 4 is 27.5 Å². The van der Waals surface area contributed by atoms with Crippen LogP contribution in [0.3, 0.4) is 0 Å². The van der Waals surface area contributed by atoms with Gasteiger partial charge in [-0.25, -0.2) is 9.78 Å². The average Bonchev–Trinajstić information content (AvgIpc) is 2.74. The number of nitrogens with one attached hydrogen (secondary N) is 1. The van der Waals surface area contributed by atoms with Crippen LogP contribution in [0, 0.1) is 6.92 Å². The molecular weight excluding hydrogens is 330 g/mol. The lowest BCUT2D eigenvalue weighted by Crippen LogP contribution is -2.36. The highest BCUT2D eigenvalue weighted by molar-refractivity contribution is 7.20. The summed E-state index contributed by atoms with van der Waals surface area (Å²) in [6, 6.07) is 0. The SMILES string of the molecule is CCOC(=O)c1sc2nc(CN(C)CC(C)(C)O)[nH]c(=O)c2c1C. The molecule has 0 aliphatic carbocycles. The zero-order valence-corrected chi connectivity index (χ0v) is 15.4. The quantitative estimate of drug-likeness (QED) is 0.767. The molecule has 0 saturated heterocycles. The van der Waals surface area contributed by atoms with Crippen LogP contribution in [-0.4, -0.2) is 51.7 Å². The van der Waals surface area contributed by atoms with Crippen LogP contribution in [0.4, 0.5) is 0 Å². The van der Waals surface area contributed by atoms with Gasteiger partial charge in [-0.1, -0.05) is 0 Å². The molecule has 2 aromatic rings. The first kappa shape index (κ1) is 18.6. The van der Waals surface area contributed by atoms with Crippen LogP contribution in [0.15, 0.2) is 4.79 Å². The molecule has 0 saturated carbocycles. The number of esters is 1. The topological polar surface area (TPSA) is 95.5 Å². The monoisotopic (exact) mass is 353 g/mol. The van der Waals surface area contributed by atoms with Crippen LogP contribution < -0.4 is 5.56 Å². The molecule has 0 aliphatic heterocycles. The van der Waals surface area contributed by atoms with Crippen molar-refractivity contribution < 1.29 is 14.6 Å². The van der Waals surface area contributed by atoms with E-state index in [4.69, 9.17) is 4.74 Å². The molecule has 7 nitrogen and oxygen atoms in total. The molecule has 0 unspecified atom stereocenters. The Bertz CT molecular complexity index is 804. The second-order valence-corrected chi connectivity index (χ2v) is 7.45. The number of nitrogens with zero attached hydrogens (tertiary/aromatic N) is 2. The van der Waals surface area contributed by atoms with Crippen molar-refractivity contribution in [1.82, 2.24) is 14.9 Å². The number of H-pyrrole nitrogens is 1. The average molecular weight is 353 g/mol. The second kappa shape index (κ2) is 7.00. The molecule has 0 spiro atoms. The number of aryl methyl sites for hydroxylation is 1. The maximum Gasteiger partial charge on any atom is 0.348 e. The van der Waals surface area contributed by atoms with E-state index in [1.165, 1.54) is 11.3 Å². The molecule has 0 amide bonds. The van der Waals surface area contributed by atoms with Crippen LogP contribution in [0.2, 0.25) is 0 Å². The van der Waals surface area contributed by atoms with Crippen molar-refractivity contribution in [3.8, 4) is 0 Å². The summed E-state index contributed by atoms with van der Waals surface area (Å²) in [5.41, 5.74) is -0.509. The van der Waals surface area contributed by atoms with Gasteiger partial charge in [0.15, 0.2) is 0 Å². The molecule has 132 valence electrons. The highest BCUT2D eigenvalue weighted by Gasteiger charge is 2.21. The Morgan fingerprint density at radius 2 is 2.12 bits per heavy atom. The van der Waals surface area contributed by atoms with Crippen LogP contribution in [0.1, 0.15) is 41.8 Å². The minimum absolute atomic E-state index is 0.268. The third-order valence-electron chi connectivity index (χ3n) is 3.39. The van der Waals surface area contributed by atoms with Gasteiger partial charge in [-0.2, -0.15) is 0 Å². The maximum atomic E-state index is 12.4. The van der Waals surface area contributed by atoms with Crippen molar-refractivity contribution in [1.29, 1.82) is 0 Å². The van der Waals surface area contributed by atoms with Gasteiger partial charge in [0.25, 0.3) is 5.56 Å². The highest BCUT2D eigenvalue weighted by atomic mass is 32.1. The number of aromatic nitrogens is 2. The van der Waals surface area contributed by atoms with Gasteiger partial charge in [0, 0.05) is 6.54 Å². The molecule has 0 atom stereocenters. The Kier molecular flexibility index (Phi) is 5.42. The lowest BCUT2D eigenvalue weighted by atomic mass is 10.1. The summed E-state index contributed by atoms with van der Waals surface area (Å²) in [4.78, 5) is 34.4. The number of hydrogen-bond acceptors (Lipinski definition) is 7. The summed E-state index contributed by atoms with van der Waals surface area (Å²) in [6.45, 7) is 8.01. The highest BCUT2D eigenvalue weighted by Crippen LogP contribution is 2.27. The van der Waals surface area contributed by atoms with Crippen LogP contribution in [0.25, 0.3) is 10.2 Å². The van der Waals surface area contributed by atoms with E-state index in [0.29, 0.717) is 39.6 Å². The number of aliphatic hydroxyl groups is 1. The van der Waals surface area contributed by atoms with Crippen molar-refractivity contribution in [3.05, 3.63) is 26.6 Å². The van der Waals surface area contributed by atoms with E-state index in [-0.39, 0.29) is 12.2 Å². The fraction of sp³-hybridized carbons (Fsp3) is 0.562. The van der Waals surface area contributed by atoms with Crippen molar-refractivity contribution in [2.24, 2.45) is 0 Å². The fourth-order valence-electron chi connectivity index (χ4n) is 2.63. The standard InChI is InChI=1S/C16H23N3O4S/c1-6-23-15(21)12-9(2)11-13(20)17-10(18-14(11)24-12)7-19(5)8-16(3,4)22/h22H,6-8H2,1-5H3,(H,17,18,20). The Hall–Kier alpha value is -1.77. The lowest BCUT2D eigenvalue weighted by Gasteiger charge is -2.24. The van der Waals surface area contributed by atoms with E-state index in [1.54, 1.807) is 27.7 Å². The fourth-order valence-corrected chi connectivity index (χ4v) is 3.72. The molecule has 0 radical (unpaired) electrons. The first-order valence-corrected chi connectivity index (χ1v) is 8.54. The number of likely N-dealkylation sites (N-methyl/N-ethyl adjacent to an activating group) is 1. The number of aromatic amines is 1. The van der Waals surface area contributed by atoms with Gasteiger partial charge in [0.05, 0.1) is 24.1 Å². The number of fused-ring (bicyclic) bond motifs is 1. The number of ether oxygens (including phenoxy) is 1. The summed E-state index contributed by atoms with van der Waals surface area (Å²) < 4.78 is 5.02. The van der Waals surface area contributed by atoms with E-state index in [2.05, 4.69) is 9.97 Å². The summed E-state index contributed by atoms with van der Waals surface area (Å²) in [5, 5.41) is 10.3. The number of rotatable bonds is 6. The van der Waals surface area contributed by atoms with E-state index in [9.17, 15) is 14.7 Å². The normalized spacial score (nSPS) is 12.1. The van der Waals surface area contributed by atoms with E-state index in [0.717, 1.165) is 0 Å². The number of hydrogen-bond donors (Lipinski definition) is 2. The van der Waals surface area contributed by atoms with Crippen molar-refractivity contribution in [2.45, 2.75) is 39.8 Å². The Morgan fingerprint density at radius 1 is 1.46 bits per heavy atom. The third kappa shape index (κ3) is 4.19. The molecule has 2 N–H and O–H groups in total. The zero-order chi connectivity index (χ0) is 18.1. The van der Waals surface area contributed by atoms with Gasteiger partial charge in [-0.05, 0) is 40.3 Å². The number of thiophene rings is 1. The van der Waals surface area contributed by atoms with Gasteiger partial charge in [-0.15, -0.1) is 11.3 Å². The van der Waals surface area contributed by atoms with E-state index >= 15 is 0 Å². The molecule has 2 heterocycles. The first-order chi connectivity index (χ1) is 11.1. The molecule has 8 heteroatoms. The largest absolute Gasteiger partial charge is 0.462 e. The Morgan fingerprint density at radius 3 is 2.71 bits per heavy atom.